The van der Waals surface area contributed by atoms with Crippen LogP contribution in [0.1, 0.15) is 34.3 Å². The summed E-state index contributed by atoms with van der Waals surface area (Å²) in [4.78, 5) is 11.6. The first-order chi connectivity index (χ1) is 13.1. The van der Waals surface area contributed by atoms with Crippen LogP contribution in [0.5, 0.6) is 11.5 Å². The average Bonchev–Trinajstić information content (AvgIpc) is 3.14. The molecule has 6 nitrogen and oxygen atoms in total. The van der Waals surface area contributed by atoms with Crippen molar-refractivity contribution in [3.05, 3.63) is 65.0 Å². The lowest BCUT2D eigenvalue weighted by Crippen LogP contribution is -1.96. The van der Waals surface area contributed by atoms with E-state index in [1.54, 1.807) is 33.3 Å². The molecule has 0 amide bonds. The summed E-state index contributed by atoms with van der Waals surface area (Å²) in [6.45, 7) is 1.54. The average molecular weight is 384 g/mol. The number of rotatable bonds is 8. The van der Waals surface area contributed by atoms with Crippen molar-refractivity contribution < 1.29 is 18.7 Å². The summed E-state index contributed by atoms with van der Waals surface area (Å²) in [7, 11) is 3.24. The van der Waals surface area contributed by atoms with Crippen LogP contribution in [0.4, 0.5) is 0 Å². The van der Waals surface area contributed by atoms with Crippen molar-refractivity contribution in [2.24, 2.45) is 0 Å². The van der Waals surface area contributed by atoms with E-state index in [2.05, 4.69) is 10.2 Å². The molecule has 0 bridgehead atoms. The van der Waals surface area contributed by atoms with Gasteiger partial charge in [-0.25, -0.2) is 0 Å². The van der Waals surface area contributed by atoms with Gasteiger partial charge in [0.05, 0.1) is 20.6 Å². The zero-order valence-electron chi connectivity index (χ0n) is 15.4. The summed E-state index contributed by atoms with van der Waals surface area (Å²) in [6.07, 6.45) is 0.556. The topological polar surface area (TPSA) is 74.5 Å². The summed E-state index contributed by atoms with van der Waals surface area (Å²) < 4.78 is 16.2. The molecule has 0 saturated heterocycles. The largest absolute Gasteiger partial charge is 0.497 e. The van der Waals surface area contributed by atoms with Gasteiger partial charge < -0.3 is 13.9 Å². The Morgan fingerprint density at radius 1 is 1.07 bits per heavy atom. The summed E-state index contributed by atoms with van der Waals surface area (Å²) in [5.41, 5.74) is 2.62. The third-order valence-electron chi connectivity index (χ3n) is 4.00. The van der Waals surface area contributed by atoms with E-state index < -0.39 is 0 Å². The molecule has 2 aromatic carbocycles. The molecule has 0 aliphatic heterocycles. The molecule has 27 heavy (non-hydrogen) atoms. The number of ether oxygens (including phenoxy) is 2. The van der Waals surface area contributed by atoms with Gasteiger partial charge in [0.15, 0.2) is 5.78 Å². The van der Waals surface area contributed by atoms with E-state index in [4.69, 9.17) is 13.9 Å². The molecule has 0 aliphatic carbocycles. The molecular formula is C20H20N2O4S. The van der Waals surface area contributed by atoms with Gasteiger partial charge in [0, 0.05) is 16.9 Å². The van der Waals surface area contributed by atoms with Gasteiger partial charge >= 0.3 is 0 Å². The molecule has 0 atom stereocenters. The lowest BCUT2D eigenvalue weighted by molar-refractivity contribution is 0.101. The van der Waals surface area contributed by atoms with Gasteiger partial charge in [-0.1, -0.05) is 23.9 Å². The second-order valence-electron chi connectivity index (χ2n) is 5.86. The van der Waals surface area contributed by atoms with Gasteiger partial charge in [-0.2, -0.15) is 0 Å². The maximum atomic E-state index is 11.6. The zero-order valence-corrected chi connectivity index (χ0v) is 16.2. The van der Waals surface area contributed by atoms with Gasteiger partial charge in [-0.3, -0.25) is 4.79 Å². The number of hydrogen-bond acceptors (Lipinski definition) is 7. The van der Waals surface area contributed by atoms with Crippen molar-refractivity contribution in [2.45, 2.75) is 24.3 Å². The Morgan fingerprint density at radius 3 is 2.52 bits per heavy atom. The fourth-order valence-corrected chi connectivity index (χ4v) is 3.29. The maximum absolute atomic E-state index is 11.6. The lowest BCUT2D eigenvalue weighted by Gasteiger charge is -2.08. The maximum Gasteiger partial charge on any atom is 0.276 e. The van der Waals surface area contributed by atoms with Crippen molar-refractivity contribution in [1.82, 2.24) is 10.2 Å². The minimum Gasteiger partial charge on any atom is -0.497 e. The second kappa shape index (κ2) is 8.73. The number of aromatic nitrogens is 2. The van der Waals surface area contributed by atoms with Crippen molar-refractivity contribution in [2.75, 3.05) is 14.2 Å². The molecule has 7 heteroatoms. The van der Waals surface area contributed by atoms with Crippen LogP contribution < -0.4 is 9.47 Å². The standard InChI is InChI=1S/C20H20N2O4S/c1-13(23)15-6-9-18(25-3)16(11-15)12-27-20-22-21-19(26-20)10-14-4-7-17(24-2)8-5-14/h4-9,11H,10,12H2,1-3H3. The third kappa shape index (κ3) is 4.89. The van der Waals surface area contributed by atoms with Crippen molar-refractivity contribution >= 4 is 17.5 Å². The van der Waals surface area contributed by atoms with Gasteiger partial charge in [-0.15, -0.1) is 10.2 Å². The smallest absolute Gasteiger partial charge is 0.276 e. The number of methoxy groups -OCH3 is 2. The van der Waals surface area contributed by atoms with E-state index in [0.29, 0.717) is 28.9 Å². The fraction of sp³-hybridized carbons (Fsp3) is 0.250. The highest BCUT2D eigenvalue weighted by Gasteiger charge is 2.12. The van der Waals surface area contributed by atoms with Crippen molar-refractivity contribution in [1.29, 1.82) is 0 Å². The van der Waals surface area contributed by atoms with Crippen LogP contribution in [-0.4, -0.2) is 30.2 Å². The highest BCUT2D eigenvalue weighted by molar-refractivity contribution is 7.98. The van der Waals surface area contributed by atoms with Crippen LogP contribution in [0.3, 0.4) is 0 Å². The van der Waals surface area contributed by atoms with Crippen LogP contribution in [0, 0.1) is 0 Å². The van der Waals surface area contributed by atoms with Crippen molar-refractivity contribution in [3.63, 3.8) is 0 Å². The first-order valence-electron chi connectivity index (χ1n) is 8.35. The highest BCUT2D eigenvalue weighted by atomic mass is 32.2. The summed E-state index contributed by atoms with van der Waals surface area (Å²) in [6, 6.07) is 13.1. The number of benzene rings is 2. The second-order valence-corrected chi connectivity index (χ2v) is 6.78. The SMILES string of the molecule is COc1ccc(Cc2nnc(SCc3cc(C(C)=O)ccc3OC)o2)cc1. The van der Waals surface area contributed by atoms with E-state index in [9.17, 15) is 4.79 Å². The monoisotopic (exact) mass is 384 g/mol. The number of hydrogen-bond donors (Lipinski definition) is 0. The Balaban J connectivity index is 1.65. The molecule has 3 aromatic rings. The molecule has 0 saturated carbocycles. The van der Waals surface area contributed by atoms with Gasteiger partial charge in [-0.05, 0) is 42.8 Å². The number of carbonyl (C=O) groups excluding carboxylic acids is 1. The number of thioether (sulfide) groups is 1. The van der Waals surface area contributed by atoms with E-state index >= 15 is 0 Å². The first-order valence-corrected chi connectivity index (χ1v) is 9.33. The van der Waals surface area contributed by atoms with E-state index in [1.165, 1.54) is 11.8 Å². The highest BCUT2D eigenvalue weighted by Crippen LogP contribution is 2.28. The van der Waals surface area contributed by atoms with Gasteiger partial charge in [0.25, 0.3) is 5.22 Å². The van der Waals surface area contributed by atoms with E-state index in [-0.39, 0.29) is 5.78 Å². The Kier molecular flexibility index (Phi) is 6.13. The molecule has 0 N–H and O–H groups in total. The first kappa shape index (κ1) is 19.0. The summed E-state index contributed by atoms with van der Waals surface area (Å²) in [5.74, 6) is 2.66. The van der Waals surface area contributed by atoms with Crippen LogP contribution in [-0.2, 0) is 12.2 Å². The summed E-state index contributed by atoms with van der Waals surface area (Å²) >= 11 is 1.41. The Bertz CT molecular complexity index is 922. The van der Waals surface area contributed by atoms with Crippen LogP contribution >= 0.6 is 11.8 Å². The van der Waals surface area contributed by atoms with E-state index in [0.717, 1.165) is 22.6 Å². The van der Waals surface area contributed by atoms with Crippen LogP contribution in [0.25, 0.3) is 0 Å². The molecule has 0 spiro atoms. The Labute approximate surface area is 161 Å². The zero-order chi connectivity index (χ0) is 19.2. The molecular weight excluding hydrogens is 364 g/mol. The third-order valence-corrected chi connectivity index (χ3v) is 4.87. The van der Waals surface area contributed by atoms with E-state index in [1.807, 2.05) is 30.3 Å². The number of ketones is 1. The molecule has 1 aromatic heterocycles. The van der Waals surface area contributed by atoms with Crippen LogP contribution in [0.15, 0.2) is 52.1 Å². The number of carbonyl (C=O) groups is 1. The minimum atomic E-state index is 0.0171. The normalized spacial score (nSPS) is 10.6. The predicted octanol–water partition coefficient (Wildman–Crippen LogP) is 4.17. The quantitative estimate of drug-likeness (QED) is 0.426. The molecule has 0 fully saturated rings. The molecule has 140 valence electrons. The molecule has 3 rings (SSSR count). The predicted molar refractivity (Wildman–Crippen MR) is 103 cm³/mol. The minimum absolute atomic E-state index is 0.0171. The molecule has 0 radical (unpaired) electrons. The molecule has 1 heterocycles. The fourth-order valence-electron chi connectivity index (χ4n) is 2.54. The Morgan fingerprint density at radius 2 is 1.85 bits per heavy atom. The number of nitrogens with zero attached hydrogens (tertiary/aromatic N) is 2. The number of Topliss-reactive ketones (excluding diaryl/α,β-unsaturated/α-hetero) is 1. The summed E-state index contributed by atoms with van der Waals surface area (Å²) in [5, 5.41) is 8.67. The molecule has 0 aliphatic rings. The molecule has 0 unspecified atom stereocenters. The van der Waals surface area contributed by atoms with Crippen LogP contribution in [0.2, 0.25) is 0 Å². The lowest BCUT2D eigenvalue weighted by atomic mass is 10.1. The van der Waals surface area contributed by atoms with Gasteiger partial charge in [0.2, 0.25) is 5.89 Å². The van der Waals surface area contributed by atoms with Gasteiger partial charge in [0.1, 0.15) is 11.5 Å². The Hall–Kier alpha value is -2.80. The van der Waals surface area contributed by atoms with Crippen molar-refractivity contribution in [3.8, 4) is 11.5 Å².